The van der Waals surface area contributed by atoms with E-state index in [1.54, 1.807) is 12.1 Å². The molecule has 146 valence electrons. The molecule has 1 aromatic heterocycles. The molecule has 1 amide bonds. The highest BCUT2D eigenvalue weighted by atomic mass is 16.5. The van der Waals surface area contributed by atoms with Crippen LogP contribution in [0, 0.1) is 5.92 Å². The van der Waals surface area contributed by atoms with E-state index < -0.39 is 17.6 Å². The zero-order chi connectivity index (χ0) is 18.9. The number of likely N-dealkylation sites (tertiary alicyclic amines) is 1. The van der Waals surface area contributed by atoms with Crippen LogP contribution in [0.1, 0.15) is 55.5 Å². The number of piperidine rings is 1. The van der Waals surface area contributed by atoms with Crippen molar-refractivity contribution in [1.82, 2.24) is 10.2 Å². The number of fused-ring (bicyclic) bond motifs is 1. The van der Waals surface area contributed by atoms with Crippen molar-refractivity contribution in [2.75, 3.05) is 13.2 Å². The fourth-order valence-electron chi connectivity index (χ4n) is 4.94. The largest absolute Gasteiger partial charge is 0.459 e. The van der Waals surface area contributed by atoms with Gasteiger partial charge in [-0.15, -0.1) is 0 Å². The lowest BCUT2D eigenvalue weighted by atomic mass is 9.87. The zero-order valence-electron chi connectivity index (χ0n) is 15.4. The van der Waals surface area contributed by atoms with E-state index in [2.05, 4.69) is 5.32 Å². The van der Waals surface area contributed by atoms with Gasteiger partial charge in [0.15, 0.2) is 23.5 Å². The Kier molecular flexibility index (Phi) is 5.14. The van der Waals surface area contributed by atoms with Gasteiger partial charge in [-0.2, -0.15) is 0 Å². The SMILES string of the molecule is O=CC(CC1CCCC1)(NC(=O)c1ccco1)N1CCCC2OCC(=O)C21. The van der Waals surface area contributed by atoms with E-state index >= 15 is 0 Å². The molecule has 3 atom stereocenters. The Labute approximate surface area is 158 Å². The predicted molar refractivity (Wildman–Crippen MR) is 96.0 cm³/mol. The van der Waals surface area contributed by atoms with Gasteiger partial charge < -0.3 is 14.5 Å². The summed E-state index contributed by atoms with van der Waals surface area (Å²) < 4.78 is 10.9. The van der Waals surface area contributed by atoms with Crippen LogP contribution in [0.15, 0.2) is 22.8 Å². The van der Waals surface area contributed by atoms with Gasteiger partial charge in [0.1, 0.15) is 6.61 Å². The summed E-state index contributed by atoms with van der Waals surface area (Å²) in [4.78, 5) is 39.6. The number of ketones is 1. The van der Waals surface area contributed by atoms with Gasteiger partial charge in [0.25, 0.3) is 5.91 Å². The minimum Gasteiger partial charge on any atom is -0.459 e. The maximum atomic E-state index is 12.8. The number of hydrogen-bond donors (Lipinski definition) is 1. The van der Waals surface area contributed by atoms with E-state index in [0.29, 0.717) is 18.9 Å². The predicted octanol–water partition coefficient (Wildman–Crippen LogP) is 1.92. The fraction of sp³-hybridized carbons (Fsp3) is 0.650. The topological polar surface area (TPSA) is 88.8 Å². The Morgan fingerprint density at radius 1 is 1.30 bits per heavy atom. The van der Waals surface area contributed by atoms with Crippen LogP contribution in [0.25, 0.3) is 0 Å². The second-order valence-corrected chi connectivity index (χ2v) is 7.92. The van der Waals surface area contributed by atoms with Crippen LogP contribution in [-0.2, 0) is 14.3 Å². The molecule has 4 rings (SSSR count). The number of nitrogens with one attached hydrogen (secondary N) is 1. The standard InChI is InChI=1S/C20H26N2O5/c23-13-20(11-14-5-1-2-6-14,21-19(25)17-8-4-10-26-17)22-9-3-7-16-18(22)15(24)12-27-16/h4,8,10,13-14,16,18H,1-3,5-7,9,11-12H2,(H,21,25). The first-order chi connectivity index (χ1) is 13.1. The van der Waals surface area contributed by atoms with Crippen LogP contribution < -0.4 is 5.32 Å². The summed E-state index contributed by atoms with van der Waals surface area (Å²) in [6.45, 7) is 0.663. The fourth-order valence-corrected chi connectivity index (χ4v) is 4.94. The summed E-state index contributed by atoms with van der Waals surface area (Å²) in [5.41, 5.74) is -1.22. The molecule has 1 aliphatic carbocycles. The zero-order valence-corrected chi connectivity index (χ0v) is 15.4. The van der Waals surface area contributed by atoms with E-state index in [1.807, 2.05) is 4.90 Å². The molecule has 3 fully saturated rings. The molecule has 0 spiro atoms. The molecule has 3 heterocycles. The molecule has 0 bridgehead atoms. The maximum absolute atomic E-state index is 12.8. The summed E-state index contributed by atoms with van der Waals surface area (Å²) in [5, 5.41) is 2.93. The average Bonchev–Trinajstić information content (AvgIpc) is 3.43. The van der Waals surface area contributed by atoms with Crippen molar-refractivity contribution in [2.24, 2.45) is 5.92 Å². The Morgan fingerprint density at radius 3 is 2.81 bits per heavy atom. The molecule has 1 saturated carbocycles. The monoisotopic (exact) mass is 374 g/mol. The van der Waals surface area contributed by atoms with Crippen molar-refractivity contribution in [3.63, 3.8) is 0 Å². The minimum atomic E-state index is -1.22. The minimum absolute atomic E-state index is 0.00963. The molecule has 3 aliphatic rings. The molecule has 2 aliphatic heterocycles. The third-order valence-corrected chi connectivity index (χ3v) is 6.20. The molecular formula is C20H26N2O5. The number of carbonyl (C=O) groups is 3. The smallest absolute Gasteiger partial charge is 0.288 e. The van der Waals surface area contributed by atoms with Crippen molar-refractivity contribution in [3.05, 3.63) is 24.2 Å². The van der Waals surface area contributed by atoms with Crippen molar-refractivity contribution in [2.45, 2.75) is 62.8 Å². The second-order valence-electron chi connectivity index (χ2n) is 7.92. The molecular weight excluding hydrogens is 348 g/mol. The molecule has 1 aromatic rings. The lowest BCUT2D eigenvalue weighted by Gasteiger charge is -2.47. The first-order valence-electron chi connectivity index (χ1n) is 9.86. The van der Waals surface area contributed by atoms with Crippen LogP contribution >= 0.6 is 0 Å². The lowest BCUT2D eigenvalue weighted by molar-refractivity contribution is -0.134. The number of amides is 1. The first-order valence-corrected chi connectivity index (χ1v) is 9.86. The Hall–Kier alpha value is -1.99. The van der Waals surface area contributed by atoms with Crippen LogP contribution in [-0.4, -0.2) is 53.8 Å². The van der Waals surface area contributed by atoms with Crippen LogP contribution in [0.3, 0.4) is 0 Å². The number of nitrogens with zero attached hydrogens (tertiary/aromatic N) is 1. The van der Waals surface area contributed by atoms with Crippen molar-refractivity contribution >= 4 is 18.0 Å². The van der Waals surface area contributed by atoms with Crippen molar-refractivity contribution in [3.8, 4) is 0 Å². The van der Waals surface area contributed by atoms with Crippen molar-refractivity contribution in [1.29, 1.82) is 0 Å². The van der Waals surface area contributed by atoms with E-state index in [0.717, 1.165) is 44.8 Å². The number of aldehydes is 1. The summed E-state index contributed by atoms with van der Waals surface area (Å²) in [5.74, 6) is 0.0725. The number of ether oxygens (including phenoxy) is 1. The molecule has 0 radical (unpaired) electrons. The van der Waals surface area contributed by atoms with Crippen molar-refractivity contribution < 1.29 is 23.5 Å². The molecule has 0 aromatic carbocycles. The number of hydrogen-bond acceptors (Lipinski definition) is 6. The number of furan rings is 1. The first kappa shape index (κ1) is 18.4. The summed E-state index contributed by atoms with van der Waals surface area (Å²) in [6.07, 6.45) is 8.55. The highest BCUT2D eigenvalue weighted by Gasteiger charge is 2.52. The third-order valence-electron chi connectivity index (χ3n) is 6.20. The van der Waals surface area contributed by atoms with Crippen LogP contribution in [0.5, 0.6) is 0 Å². The van der Waals surface area contributed by atoms with Crippen LogP contribution in [0.4, 0.5) is 0 Å². The highest BCUT2D eigenvalue weighted by Crippen LogP contribution is 2.37. The third kappa shape index (κ3) is 3.46. The molecule has 3 unspecified atom stereocenters. The van der Waals surface area contributed by atoms with Crippen LogP contribution in [0.2, 0.25) is 0 Å². The van der Waals surface area contributed by atoms with Gasteiger partial charge in [0, 0.05) is 6.54 Å². The highest BCUT2D eigenvalue weighted by molar-refractivity contribution is 5.94. The van der Waals surface area contributed by atoms with Gasteiger partial charge in [-0.25, -0.2) is 0 Å². The molecule has 7 heteroatoms. The van der Waals surface area contributed by atoms with E-state index in [4.69, 9.17) is 9.15 Å². The van der Waals surface area contributed by atoms with Gasteiger partial charge in [0.2, 0.25) is 0 Å². The molecule has 1 N–H and O–H groups in total. The summed E-state index contributed by atoms with van der Waals surface area (Å²) in [7, 11) is 0. The number of Topliss-reactive ketones (excluding diaryl/α,β-unsaturated/α-hetero) is 1. The van der Waals surface area contributed by atoms with E-state index in [1.165, 1.54) is 6.26 Å². The maximum Gasteiger partial charge on any atom is 0.288 e. The van der Waals surface area contributed by atoms with Gasteiger partial charge in [-0.05, 0) is 37.3 Å². The Balaban J connectivity index is 1.66. The summed E-state index contributed by atoms with van der Waals surface area (Å²) in [6, 6.07) is 2.74. The number of carbonyl (C=O) groups excluding carboxylic acids is 3. The summed E-state index contributed by atoms with van der Waals surface area (Å²) >= 11 is 0. The van der Waals surface area contributed by atoms with Gasteiger partial charge >= 0.3 is 0 Å². The normalized spacial score (nSPS) is 28.7. The van der Waals surface area contributed by atoms with E-state index in [9.17, 15) is 14.4 Å². The average molecular weight is 374 g/mol. The molecule has 7 nitrogen and oxygen atoms in total. The quantitative estimate of drug-likeness (QED) is 0.766. The molecule has 27 heavy (non-hydrogen) atoms. The second kappa shape index (κ2) is 7.56. The molecule has 2 saturated heterocycles. The van der Waals surface area contributed by atoms with E-state index in [-0.39, 0.29) is 24.3 Å². The Bertz CT molecular complexity index is 697. The lowest BCUT2D eigenvalue weighted by Crippen LogP contribution is -2.69. The van der Waals surface area contributed by atoms with Gasteiger partial charge in [-0.1, -0.05) is 25.7 Å². The number of rotatable bonds is 6. The Morgan fingerprint density at radius 2 is 2.11 bits per heavy atom. The van der Waals surface area contributed by atoms with Gasteiger partial charge in [-0.3, -0.25) is 19.3 Å². The van der Waals surface area contributed by atoms with Gasteiger partial charge in [0.05, 0.1) is 18.4 Å².